The molecule has 10 heteroatoms. The second-order valence-electron chi connectivity index (χ2n) is 9.06. The van der Waals surface area contributed by atoms with Crippen LogP contribution in [0.2, 0.25) is 51.9 Å². The molecule has 0 rings (SSSR count). The molecule has 166 valence electrons. The van der Waals surface area contributed by atoms with E-state index in [-0.39, 0.29) is 12.7 Å². The van der Waals surface area contributed by atoms with Crippen LogP contribution in [-0.2, 0) is 27.0 Å². The fourth-order valence-corrected chi connectivity index (χ4v) is 15.7. The first-order valence-corrected chi connectivity index (χ1v) is 20.6. The summed E-state index contributed by atoms with van der Waals surface area (Å²) in [6.45, 7) is 23.8. The fraction of sp³-hybridized carbons (Fsp3) is 0.833. The van der Waals surface area contributed by atoms with Crippen molar-refractivity contribution in [3.05, 3.63) is 12.2 Å². The standard InChI is InChI=1S/C18H41O6PSi3/c1-16(2)18(19)21-15-17(22-25-3)14-20-12-11-13-28(10,23-26(4,5)6)24-27(7,8)9/h17,25H,1,11-15H2,2-10H3. The van der Waals surface area contributed by atoms with Crippen LogP contribution in [0, 0.1) is 0 Å². The molecule has 0 fully saturated rings. The van der Waals surface area contributed by atoms with E-state index in [1.165, 1.54) is 0 Å². The summed E-state index contributed by atoms with van der Waals surface area (Å²) in [5.41, 5.74) is 0.382. The zero-order chi connectivity index (χ0) is 22.0. The van der Waals surface area contributed by atoms with Crippen molar-refractivity contribution in [2.45, 2.75) is 71.3 Å². The molecule has 0 aliphatic carbocycles. The normalized spacial score (nSPS) is 14.5. The van der Waals surface area contributed by atoms with E-state index in [4.69, 9.17) is 22.2 Å². The molecule has 0 aromatic carbocycles. The van der Waals surface area contributed by atoms with Crippen LogP contribution in [0.25, 0.3) is 0 Å². The molecule has 0 aliphatic heterocycles. The maximum atomic E-state index is 11.5. The monoisotopic (exact) mass is 468 g/mol. The summed E-state index contributed by atoms with van der Waals surface area (Å²) in [6.07, 6.45) is 0.622. The van der Waals surface area contributed by atoms with E-state index < -0.39 is 31.2 Å². The summed E-state index contributed by atoms with van der Waals surface area (Å²) in [5.74, 6) is -0.401. The molecule has 6 nitrogen and oxygen atoms in total. The molecule has 0 heterocycles. The summed E-state index contributed by atoms with van der Waals surface area (Å²) in [6, 6.07) is 0.910. The summed E-state index contributed by atoms with van der Waals surface area (Å²) < 4.78 is 29.6. The molecular weight excluding hydrogens is 427 g/mol. The Morgan fingerprint density at radius 2 is 1.54 bits per heavy atom. The number of rotatable bonds is 15. The van der Waals surface area contributed by atoms with E-state index in [2.05, 4.69) is 52.4 Å². The van der Waals surface area contributed by atoms with Gasteiger partial charge >= 0.3 is 14.5 Å². The van der Waals surface area contributed by atoms with E-state index >= 15 is 0 Å². The van der Waals surface area contributed by atoms with Gasteiger partial charge in [-0.25, -0.2) is 4.79 Å². The molecular formula is C18H41O6PSi3. The van der Waals surface area contributed by atoms with E-state index in [0.717, 1.165) is 12.5 Å². The Bertz CT molecular complexity index is 475. The Labute approximate surface area is 177 Å². The minimum absolute atomic E-state index is 0.177. The van der Waals surface area contributed by atoms with E-state index in [1.807, 2.05) is 6.66 Å². The maximum absolute atomic E-state index is 11.5. The third kappa shape index (κ3) is 15.0. The van der Waals surface area contributed by atoms with Gasteiger partial charge in [0.25, 0.3) is 0 Å². The number of carbonyl (C=O) groups excluding carboxylic acids is 1. The maximum Gasteiger partial charge on any atom is 0.333 e. The Hall–Kier alpha value is 0.131. The van der Waals surface area contributed by atoms with Crippen LogP contribution in [0.1, 0.15) is 13.3 Å². The molecule has 0 saturated heterocycles. The van der Waals surface area contributed by atoms with Crippen molar-refractivity contribution >= 4 is 40.0 Å². The lowest BCUT2D eigenvalue weighted by atomic mass is 10.3. The summed E-state index contributed by atoms with van der Waals surface area (Å²) in [7, 11) is -5.27. The predicted octanol–water partition coefficient (Wildman–Crippen LogP) is 4.90. The second kappa shape index (κ2) is 12.7. The van der Waals surface area contributed by atoms with Gasteiger partial charge in [0.2, 0.25) is 0 Å². The molecule has 0 aromatic rings. The highest BCUT2D eigenvalue weighted by Gasteiger charge is 2.39. The summed E-state index contributed by atoms with van der Waals surface area (Å²) in [4.78, 5) is 11.5. The number of hydrogen-bond donors (Lipinski definition) is 0. The smallest absolute Gasteiger partial charge is 0.333 e. The predicted molar refractivity (Wildman–Crippen MR) is 126 cm³/mol. The molecule has 2 unspecified atom stereocenters. The lowest BCUT2D eigenvalue weighted by Crippen LogP contribution is -2.52. The van der Waals surface area contributed by atoms with E-state index in [9.17, 15) is 4.79 Å². The van der Waals surface area contributed by atoms with Crippen LogP contribution in [0.4, 0.5) is 0 Å². The topological polar surface area (TPSA) is 63.2 Å². The molecule has 0 N–H and O–H groups in total. The quantitative estimate of drug-likeness (QED) is 0.112. The molecule has 0 amide bonds. The lowest BCUT2D eigenvalue weighted by molar-refractivity contribution is -0.142. The van der Waals surface area contributed by atoms with Crippen molar-refractivity contribution in [1.82, 2.24) is 0 Å². The van der Waals surface area contributed by atoms with Crippen LogP contribution in [-0.4, -0.2) is 63.8 Å². The SMILES string of the molecule is C=C(C)C(=O)OCC(COCCC[Si](C)(O[Si](C)(C)C)O[Si](C)(C)C)OPC. The fourth-order valence-electron chi connectivity index (χ4n) is 2.70. The molecule has 2 atom stereocenters. The zero-order valence-corrected chi connectivity index (χ0v) is 23.3. The van der Waals surface area contributed by atoms with Crippen LogP contribution < -0.4 is 0 Å². The Morgan fingerprint density at radius 3 is 1.96 bits per heavy atom. The number of hydrogen-bond acceptors (Lipinski definition) is 6. The third-order valence-electron chi connectivity index (χ3n) is 3.30. The first kappa shape index (κ1) is 28.1. The van der Waals surface area contributed by atoms with Gasteiger partial charge in [-0.2, -0.15) is 0 Å². The highest BCUT2D eigenvalue weighted by Crippen LogP contribution is 2.25. The molecule has 0 spiro atoms. The molecule has 0 aliphatic rings. The summed E-state index contributed by atoms with van der Waals surface area (Å²) >= 11 is 0. The van der Waals surface area contributed by atoms with E-state index in [1.54, 1.807) is 6.92 Å². The van der Waals surface area contributed by atoms with Gasteiger partial charge in [0.05, 0.1) is 6.61 Å². The first-order valence-electron chi connectivity index (χ1n) is 9.80. The molecule has 0 saturated carbocycles. The molecule has 0 radical (unpaired) electrons. The van der Waals surface area contributed by atoms with Crippen LogP contribution >= 0.6 is 8.81 Å². The second-order valence-corrected chi connectivity index (χ2v) is 22.6. The average molecular weight is 469 g/mol. The van der Waals surface area contributed by atoms with Gasteiger partial charge in [-0.05, 0) is 71.9 Å². The van der Waals surface area contributed by atoms with Gasteiger partial charge in [0.15, 0.2) is 16.6 Å². The van der Waals surface area contributed by atoms with Crippen molar-refractivity contribution in [2.75, 3.05) is 26.5 Å². The minimum atomic E-state index is -2.22. The lowest BCUT2D eigenvalue weighted by Gasteiger charge is -2.38. The van der Waals surface area contributed by atoms with Crippen molar-refractivity contribution in [2.24, 2.45) is 0 Å². The first-order chi connectivity index (χ1) is 12.7. The van der Waals surface area contributed by atoms with E-state index in [0.29, 0.717) is 27.6 Å². The number of esters is 1. The molecule has 0 bridgehead atoms. The molecule has 28 heavy (non-hydrogen) atoms. The van der Waals surface area contributed by atoms with Crippen LogP contribution in [0.3, 0.4) is 0 Å². The zero-order valence-electron chi connectivity index (χ0n) is 19.3. The van der Waals surface area contributed by atoms with Gasteiger partial charge in [-0.15, -0.1) is 0 Å². The number of ether oxygens (including phenoxy) is 2. The Balaban J connectivity index is 4.48. The third-order valence-corrected chi connectivity index (χ3v) is 13.5. The summed E-state index contributed by atoms with van der Waals surface area (Å²) in [5, 5.41) is 0. The largest absolute Gasteiger partial charge is 0.459 e. The number of carbonyl (C=O) groups is 1. The van der Waals surface area contributed by atoms with Crippen molar-refractivity contribution < 1.29 is 27.0 Å². The van der Waals surface area contributed by atoms with Gasteiger partial charge < -0.3 is 22.2 Å². The minimum Gasteiger partial charge on any atom is -0.459 e. The average Bonchev–Trinajstić information content (AvgIpc) is 2.47. The van der Waals surface area contributed by atoms with Crippen LogP contribution in [0.5, 0.6) is 0 Å². The van der Waals surface area contributed by atoms with Crippen molar-refractivity contribution in [1.29, 1.82) is 0 Å². The van der Waals surface area contributed by atoms with Gasteiger partial charge in [-0.1, -0.05) is 6.58 Å². The van der Waals surface area contributed by atoms with Crippen molar-refractivity contribution in [3.8, 4) is 0 Å². The van der Waals surface area contributed by atoms with Gasteiger partial charge in [0, 0.05) is 21.0 Å². The highest BCUT2D eigenvalue weighted by atomic mass is 31.1. The van der Waals surface area contributed by atoms with Gasteiger partial charge in [0.1, 0.15) is 12.7 Å². The molecule has 0 aromatic heterocycles. The Morgan fingerprint density at radius 1 is 1.00 bits per heavy atom. The van der Waals surface area contributed by atoms with Gasteiger partial charge in [-0.3, -0.25) is 0 Å². The van der Waals surface area contributed by atoms with Crippen LogP contribution in [0.15, 0.2) is 12.2 Å². The Kier molecular flexibility index (Phi) is 12.8. The highest BCUT2D eigenvalue weighted by molar-refractivity contribution is 7.31. The van der Waals surface area contributed by atoms with Crippen molar-refractivity contribution in [3.63, 3.8) is 0 Å².